The first-order valence-corrected chi connectivity index (χ1v) is 7.59. The highest BCUT2D eigenvalue weighted by molar-refractivity contribution is 5.65. The van der Waals surface area contributed by atoms with Crippen LogP contribution in [-0.2, 0) is 16.0 Å². The SMILES string of the molecule is CC(=O)OCCc1ccc(OCC2CCCCC2)cc1. The number of hydrogen-bond donors (Lipinski definition) is 0. The molecule has 3 nitrogen and oxygen atoms in total. The Morgan fingerprint density at radius 2 is 1.85 bits per heavy atom. The molecule has 1 aromatic carbocycles. The predicted molar refractivity (Wildman–Crippen MR) is 78.8 cm³/mol. The fourth-order valence-electron chi connectivity index (χ4n) is 2.63. The van der Waals surface area contributed by atoms with Crippen molar-refractivity contribution in [3.05, 3.63) is 29.8 Å². The first kappa shape index (κ1) is 14.9. The third kappa shape index (κ3) is 5.24. The standard InChI is InChI=1S/C17H24O3/c1-14(18)19-12-11-15-7-9-17(10-8-15)20-13-16-5-3-2-4-6-16/h7-10,16H,2-6,11-13H2,1H3. The summed E-state index contributed by atoms with van der Waals surface area (Å²) in [6, 6.07) is 8.09. The van der Waals surface area contributed by atoms with Crippen molar-refractivity contribution in [1.29, 1.82) is 0 Å². The number of hydrogen-bond acceptors (Lipinski definition) is 3. The molecule has 3 heteroatoms. The molecule has 0 spiro atoms. The van der Waals surface area contributed by atoms with E-state index in [4.69, 9.17) is 9.47 Å². The van der Waals surface area contributed by atoms with Gasteiger partial charge in [-0.15, -0.1) is 0 Å². The van der Waals surface area contributed by atoms with Crippen LogP contribution in [0.25, 0.3) is 0 Å². The van der Waals surface area contributed by atoms with Crippen molar-refractivity contribution in [2.24, 2.45) is 5.92 Å². The average molecular weight is 276 g/mol. The van der Waals surface area contributed by atoms with Crippen molar-refractivity contribution < 1.29 is 14.3 Å². The van der Waals surface area contributed by atoms with E-state index in [-0.39, 0.29) is 5.97 Å². The molecule has 1 saturated carbocycles. The lowest BCUT2D eigenvalue weighted by Gasteiger charge is -2.21. The number of rotatable bonds is 6. The van der Waals surface area contributed by atoms with Gasteiger partial charge in [-0.3, -0.25) is 4.79 Å². The summed E-state index contributed by atoms with van der Waals surface area (Å²) >= 11 is 0. The predicted octanol–water partition coefficient (Wildman–Crippen LogP) is 3.75. The maximum absolute atomic E-state index is 10.7. The van der Waals surface area contributed by atoms with E-state index >= 15 is 0 Å². The van der Waals surface area contributed by atoms with Gasteiger partial charge in [-0.05, 0) is 36.5 Å². The zero-order valence-corrected chi connectivity index (χ0v) is 12.3. The van der Waals surface area contributed by atoms with E-state index in [2.05, 4.69) is 0 Å². The van der Waals surface area contributed by atoms with Crippen LogP contribution in [0.4, 0.5) is 0 Å². The number of carbonyl (C=O) groups is 1. The highest BCUT2D eigenvalue weighted by atomic mass is 16.5. The Morgan fingerprint density at radius 1 is 1.15 bits per heavy atom. The smallest absolute Gasteiger partial charge is 0.302 e. The van der Waals surface area contributed by atoms with Gasteiger partial charge in [0.2, 0.25) is 0 Å². The number of esters is 1. The topological polar surface area (TPSA) is 35.5 Å². The van der Waals surface area contributed by atoms with E-state index < -0.39 is 0 Å². The van der Waals surface area contributed by atoms with E-state index in [0.29, 0.717) is 6.61 Å². The zero-order valence-electron chi connectivity index (χ0n) is 12.3. The van der Waals surface area contributed by atoms with Crippen molar-refractivity contribution in [2.75, 3.05) is 13.2 Å². The average Bonchev–Trinajstić information content (AvgIpc) is 2.47. The van der Waals surface area contributed by atoms with Crippen molar-refractivity contribution >= 4 is 5.97 Å². The van der Waals surface area contributed by atoms with E-state index in [9.17, 15) is 4.79 Å². The lowest BCUT2D eigenvalue weighted by molar-refractivity contribution is -0.140. The van der Waals surface area contributed by atoms with Gasteiger partial charge in [-0.1, -0.05) is 31.4 Å². The molecule has 0 atom stereocenters. The minimum atomic E-state index is -0.225. The molecule has 0 radical (unpaired) electrons. The molecular formula is C17H24O3. The Bertz CT molecular complexity index is 405. The van der Waals surface area contributed by atoms with Crippen LogP contribution in [0.15, 0.2) is 24.3 Å². The van der Waals surface area contributed by atoms with Crippen LogP contribution in [0.3, 0.4) is 0 Å². The first-order chi connectivity index (χ1) is 9.74. The van der Waals surface area contributed by atoms with E-state index in [1.54, 1.807) is 0 Å². The Kier molecular flexibility index (Phi) is 5.90. The quantitative estimate of drug-likeness (QED) is 0.742. The second-order valence-corrected chi connectivity index (χ2v) is 5.55. The summed E-state index contributed by atoms with van der Waals surface area (Å²) in [6.07, 6.45) is 7.45. The van der Waals surface area contributed by atoms with Crippen LogP contribution < -0.4 is 4.74 Å². The van der Waals surface area contributed by atoms with E-state index in [1.165, 1.54) is 39.0 Å². The largest absolute Gasteiger partial charge is 0.493 e. The molecule has 0 unspecified atom stereocenters. The van der Waals surface area contributed by atoms with Crippen molar-refractivity contribution in [1.82, 2.24) is 0 Å². The molecule has 0 heterocycles. The van der Waals surface area contributed by atoms with E-state index in [0.717, 1.165) is 30.3 Å². The highest BCUT2D eigenvalue weighted by Gasteiger charge is 2.13. The molecule has 1 aliphatic carbocycles. The molecule has 0 aromatic heterocycles. The molecule has 0 bridgehead atoms. The Balaban J connectivity index is 1.71. The summed E-state index contributed by atoms with van der Waals surface area (Å²) in [7, 11) is 0. The van der Waals surface area contributed by atoms with Gasteiger partial charge < -0.3 is 9.47 Å². The van der Waals surface area contributed by atoms with Gasteiger partial charge >= 0.3 is 5.97 Å². The minimum Gasteiger partial charge on any atom is -0.493 e. The summed E-state index contributed by atoms with van der Waals surface area (Å²) in [5.74, 6) is 1.44. The number of carbonyl (C=O) groups excluding carboxylic acids is 1. The lowest BCUT2D eigenvalue weighted by atomic mass is 9.90. The lowest BCUT2D eigenvalue weighted by Crippen LogP contribution is -2.15. The molecule has 1 aromatic rings. The van der Waals surface area contributed by atoms with Crippen LogP contribution in [-0.4, -0.2) is 19.2 Å². The third-order valence-electron chi connectivity index (χ3n) is 3.83. The maximum atomic E-state index is 10.7. The molecule has 0 amide bonds. The second-order valence-electron chi connectivity index (χ2n) is 5.55. The summed E-state index contributed by atoms with van der Waals surface area (Å²) in [5, 5.41) is 0. The summed E-state index contributed by atoms with van der Waals surface area (Å²) in [5.41, 5.74) is 1.16. The highest BCUT2D eigenvalue weighted by Crippen LogP contribution is 2.24. The summed E-state index contributed by atoms with van der Waals surface area (Å²) in [4.78, 5) is 10.7. The van der Waals surface area contributed by atoms with E-state index in [1.807, 2.05) is 24.3 Å². The van der Waals surface area contributed by atoms with Gasteiger partial charge in [0.15, 0.2) is 0 Å². The molecule has 0 aliphatic heterocycles. The Morgan fingerprint density at radius 3 is 2.50 bits per heavy atom. The molecule has 0 saturated heterocycles. The van der Waals surface area contributed by atoms with Crippen LogP contribution in [0.5, 0.6) is 5.75 Å². The Labute approximate surface area is 121 Å². The molecule has 20 heavy (non-hydrogen) atoms. The van der Waals surface area contributed by atoms with Crippen LogP contribution in [0.1, 0.15) is 44.6 Å². The van der Waals surface area contributed by atoms with Crippen molar-refractivity contribution in [2.45, 2.75) is 45.4 Å². The normalized spacial score (nSPS) is 15.8. The van der Waals surface area contributed by atoms with Gasteiger partial charge in [-0.25, -0.2) is 0 Å². The fourth-order valence-corrected chi connectivity index (χ4v) is 2.63. The molecule has 1 fully saturated rings. The van der Waals surface area contributed by atoms with Gasteiger partial charge in [0.25, 0.3) is 0 Å². The molecular weight excluding hydrogens is 252 g/mol. The molecule has 0 N–H and O–H groups in total. The monoisotopic (exact) mass is 276 g/mol. The van der Waals surface area contributed by atoms with Gasteiger partial charge in [0.05, 0.1) is 13.2 Å². The fraction of sp³-hybridized carbons (Fsp3) is 0.588. The summed E-state index contributed by atoms with van der Waals surface area (Å²) < 4.78 is 10.8. The first-order valence-electron chi connectivity index (χ1n) is 7.59. The minimum absolute atomic E-state index is 0.225. The third-order valence-corrected chi connectivity index (χ3v) is 3.83. The molecule has 1 aliphatic rings. The van der Waals surface area contributed by atoms with Crippen LogP contribution in [0, 0.1) is 5.92 Å². The number of benzene rings is 1. The molecule has 2 rings (SSSR count). The molecule has 110 valence electrons. The van der Waals surface area contributed by atoms with Crippen molar-refractivity contribution in [3.8, 4) is 5.75 Å². The Hall–Kier alpha value is -1.51. The zero-order chi connectivity index (χ0) is 14.2. The summed E-state index contributed by atoms with van der Waals surface area (Å²) in [6.45, 7) is 2.71. The van der Waals surface area contributed by atoms with Crippen LogP contribution >= 0.6 is 0 Å². The van der Waals surface area contributed by atoms with Gasteiger partial charge in [-0.2, -0.15) is 0 Å². The maximum Gasteiger partial charge on any atom is 0.302 e. The van der Waals surface area contributed by atoms with Crippen LogP contribution in [0.2, 0.25) is 0 Å². The van der Waals surface area contributed by atoms with Gasteiger partial charge in [0.1, 0.15) is 5.75 Å². The van der Waals surface area contributed by atoms with Crippen molar-refractivity contribution in [3.63, 3.8) is 0 Å². The van der Waals surface area contributed by atoms with Gasteiger partial charge in [0, 0.05) is 13.3 Å². The number of ether oxygens (including phenoxy) is 2. The second kappa shape index (κ2) is 7.93.